The first-order valence-corrected chi connectivity index (χ1v) is 7.53. The molecule has 0 radical (unpaired) electrons. The van der Waals surface area contributed by atoms with Crippen LogP contribution in [0.2, 0.25) is 0 Å². The predicted octanol–water partition coefficient (Wildman–Crippen LogP) is 2.99. The molecule has 0 saturated carbocycles. The van der Waals surface area contributed by atoms with Gasteiger partial charge in [0.15, 0.2) is 5.60 Å². The Balaban J connectivity index is 0.000000300. The summed E-state index contributed by atoms with van der Waals surface area (Å²) in [5, 5.41) is 0. The van der Waals surface area contributed by atoms with Gasteiger partial charge in [0.25, 0.3) is 0 Å². The first-order chi connectivity index (χ1) is 11.2. The van der Waals surface area contributed by atoms with Gasteiger partial charge in [-0.05, 0) is 12.5 Å². The Hall–Kier alpha value is -2.07. The fourth-order valence-electron chi connectivity index (χ4n) is 2.44. The van der Waals surface area contributed by atoms with Crippen molar-refractivity contribution < 1.29 is 31.2 Å². The van der Waals surface area contributed by atoms with Crippen molar-refractivity contribution in [1.82, 2.24) is 0 Å². The van der Waals surface area contributed by atoms with Crippen LogP contribution in [0.3, 0.4) is 0 Å². The van der Waals surface area contributed by atoms with Gasteiger partial charge in [0.05, 0.1) is 0 Å². The Kier molecular flexibility index (Phi) is 6.21. The van der Waals surface area contributed by atoms with Gasteiger partial charge in [-0.15, -0.1) is 5.46 Å². The molecule has 0 spiro atoms. The molecule has 5 heteroatoms. The summed E-state index contributed by atoms with van der Waals surface area (Å²) in [6, 6.07) is 27.0. The van der Waals surface area contributed by atoms with Crippen molar-refractivity contribution in [3.05, 3.63) is 90.5 Å². The third-order valence-corrected chi connectivity index (χ3v) is 3.79. The quantitative estimate of drug-likeness (QED) is 0.521. The summed E-state index contributed by atoms with van der Waals surface area (Å²) < 4.78 is 11.1. The second kappa shape index (κ2) is 8.16. The minimum Gasteiger partial charge on any atom is -0.748 e. The molecular formula is C19H17BFeO3-6. The second-order valence-electron chi connectivity index (χ2n) is 5.43. The Morgan fingerprint density at radius 1 is 0.958 bits per heavy atom. The zero-order chi connectivity index (χ0) is 16.1. The van der Waals surface area contributed by atoms with Crippen LogP contribution in [0.5, 0.6) is 0 Å². The van der Waals surface area contributed by atoms with Crippen LogP contribution in [-0.4, -0.2) is 13.1 Å². The molecule has 1 heterocycles. The minimum absolute atomic E-state index is 0. The fraction of sp³-hybridized carbons (Fsp3) is 0.105. The monoisotopic (exact) mass is 360 g/mol. The summed E-state index contributed by atoms with van der Waals surface area (Å²) in [4.78, 5) is 12.1. The second-order valence-corrected chi connectivity index (χ2v) is 5.43. The fourth-order valence-corrected chi connectivity index (χ4v) is 2.44. The van der Waals surface area contributed by atoms with Gasteiger partial charge in [-0.2, -0.15) is 12.1 Å². The number of rotatable bonds is 2. The average Bonchev–Trinajstić information content (AvgIpc) is 3.33. The van der Waals surface area contributed by atoms with E-state index in [1.807, 2.05) is 84.9 Å². The number of benzene rings is 1. The molecule has 3 aromatic carbocycles. The first kappa shape index (κ1) is 18.3. The van der Waals surface area contributed by atoms with Crippen LogP contribution in [0.4, 0.5) is 0 Å². The third kappa shape index (κ3) is 3.88. The van der Waals surface area contributed by atoms with E-state index in [0.29, 0.717) is 0 Å². The zero-order valence-electron chi connectivity index (χ0n) is 13.2. The Morgan fingerprint density at radius 3 is 2.04 bits per heavy atom. The normalized spacial score (nSPS) is 19.0. The molecule has 3 aromatic rings. The Labute approximate surface area is 152 Å². The van der Waals surface area contributed by atoms with Crippen molar-refractivity contribution in [1.29, 1.82) is 0 Å². The first-order valence-electron chi connectivity index (χ1n) is 7.53. The summed E-state index contributed by atoms with van der Waals surface area (Å²) >= 11 is 0. The van der Waals surface area contributed by atoms with Crippen LogP contribution in [-0.2, 0) is 36.8 Å². The maximum atomic E-state index is 12.1. The molecule has 0 N–H and O–H groups in total. The molecule has 1 aliphatic rings. The number of hydrogen-bond donors (Lipinski definition) is 0. The van der Waals surface area contributed by atoms with E-state index in [9.17, 15) is 4.79 Å². The molecule has 128 valence electrons. The van der Waals surface area contributed by atoms with E-state index < -0.39 is 12.7 Å². The maximum absolute atomic E-state index is 12.1. The molecule has 1 fully saturated rings. The van der Waals surface area contributed by atoms with Gasteiger partial charge in [-0.1, -0.05) is 30.3 Å². The number of hydrogen-bond acceptors (Lipinski definition) is 3. The molecule has 1 atom stereocenters. The largest absolute Gasteiger partial charge is 0.748 e. The van der Waals surface area contributed by atoms with Gasteiger partial charge in [-0.25, -0.2) is 12.1 Å². The van der Waals surface area contributed by atoms with Crippen LogP contribution in [0.1, 0.15) is 12.5 Å². The van der Waals surface area contributed by atoms with E-state index >= 15 is 0 Å². The number of carbonyl (C=O) groups is 1. The standard InChI is InChI=1S/C14H12BO3.C5H5.Fe/c1-14(11-7-3-2-4-8-11)13(16)17-15(18-14)12-9-5-6-10-12;1-2-4-5-3-1;/h2-10H,1H3;1-5H;/q-1;-5;. The summed E-state index contributed by atoms with van der Waals surface area (Å²) in [6.45, 7) is 1.74. The van der Waals surface area contributed by atoms with E-state index in [4.69, 9.17) is 9.31 Å². The van der Waals surface area contributed by atoms with Crippen LogP contribution in [0.25, 0.3) is 0 Å². The number of carbonyl (C=O) groups excluding carboxylic acids is 1. The van der Waals surface area contributed by atoms with Crippen molar-refractivity contribution in [3.8, 4) is 0 Å². The SMILES string of the molecule is CC1(c2ccccc2)OB([c-]2cccc2)OC1=O.[Fe].[cH-]1[cH-][cH-][cH-][cH-]1. The van der Waals surface area contributed by atoms with Gasteiger partial charge in [-0.3, -0.25) is 4.79 Å². The molecular weight excluding hydrogens is 343 g/mol. The molecule has 0 amide bonds. The van der Waals surface area contributed by atoms with Gasteiger partial charge in [0, 0.05) is 17.1 Å². The minimum atomic E-state index is -1.02. The van der Waals surface area contributed by atoms with Crippen LogP contribution in [0, 0.1) is 0 Å². The van der Waals surface area contributed by atoms with Gasteiger partial charge < -0.3 is 39.6 Å². The maximum Gasteiger partial charge on any atom is 0.489 e. The van der Waals surface area contributed by atoms with E-state index in [1.165, 1.54) is 0 Å². The zero-order valence-corrected chi connectivity index (χ0v) is 14.3. The van der Waals surface area contributed by atoms with Crippen LogP contribution < -0.4 is 5.46 Å². The van der Waals surface area contributed by atoms with Crippen molar-refractivity contribution in [2.45, 2.75) is 12.5 Å². The van der Waals surface area contributed by atoms with Crippen molar-refractivity contribution in [3.63, 3.8) is 0 Å². The van der Waals surface area contributed by atoms with Crippen molar-refractivity contribution in [2.75, 3.05) is 0 Å². The average molecular weight is 360 g/mol. The van der Waals surface area contributed by atoms with Gasteiger partial charge in [0.2, 0.25) is 0 Å². The summed E-state index contributed by atoms with van der Waals surface area (Å²) in [5.41, 5.74) is 0.649. The summed E-state index contributed by atoms with van der Waals surface area (Å²) in [7, 11) is -0.613. The van der Waals surface area contributed by atoms with E-state index in [0.717, 1.165) is 11.0 Å². The van der Waals surface area contributed by atoms with Crippen molar-refractivity contribution in [2.24, 2.45) is 0 Å². The molecule has 1 saturated heterocycles. The third-order valence-electron chi connectivity index (χ3n) is 3.79. The summed E-state index contributed by atoms with van der Waals surface area (Å²) in [5.74, 6) is -0.347. The molecule has 0 aliphatic carbocycles. The van der Waals surface area contributed by atoms with E-state index in [2.05, 4.69) is 0 Å². The summed E-state index contributed by atoms with van der Waals surface area (Å²) in [6.07, 6.45) is 0. The Bertz CT molecular complexity index is 708. The molecule has 24 heavy (non-hydrogen) atoms. The molecule has 0 aromatic heterocycles. The van der Waals surface area contributed by atoms with E-state index in [1.54, 1.807) is 6.92 Å². The van der Waals surface area contributed by atoms with Crippen molar-refractivity contribution >= 4 is 18.6 Å². The molecule has 3 nitrogen and oxygen atoms in total. The molecule has 0 bridgehead atoms. The van der Waals surface area contributed by atoms with E-state index in [-0.39, 0.29) is 23.0 Å². The molecule has 4 rings (SSSR count). The Morgan fingerprint density at radius 2 is 1.50 bits per heavy atom. The molecule has 1 aliphatic heterocycles. The smallest absolute Gasteiger partial charge is 0.489 e. The van der Waals surface area contributed by atoms with Gasteiger partial charge >= 0.3 is 13.1 Å². The van der Waals surface area contributed by atoms with Gasteiger partial charge in [0.1, 0.15) is 0 Å². The van der Waals surface area contributed by atoms with Crippen LogP contribution in [0.15, 0.2) is 84.9 Å². The topological polar surface area (TPSA) is 35.5 Å². The van der Waals surface area contributed by atoms with Crippen LogP contribution >= 0.6 is 0 Å². The predicted molar refractivity (Wildman–Crippen MR) is 90.4 cm³/mol. The molecule has 1 unspecified atom stereocenters.